The topological polar surface area (TPSA) is 104 Å². The lowest BCUT2D eigenvalue weighted by Crippen LogP contribution is -2.14. The van der Waals surface area contributed by atoms with Crippen molar-refractivity contribution in [3.8, 4) is 17.7 Å². The van der Waals surface area contributed by atoms with E-state index in [9.17, 15) is 14.4 Å². The van der Waals surface area contributed by atoms with Crippen LogP contribution in [0, 0.1) is 30.0 Å². The number of imidazole rings is 1. The molecule has 2 heterocycles. The van der Waals surface area contributed by atoms with Gasteiger partial charge in [-0.05, 0) is 48.7 Å². The van der Waals surface area contributed by atoms with Crippen molar-refractivity contribution in [2.45, 2.75) is 20.8 Å². The van der Waals surface area contributed by atoms with E-state index in [0.717, 1.165) is 11.3 Å². The molecule has 0 bridgehead atoms. The van der Waals surface area contributed by atoms with E-state index >= 15 is 0 Å². The van der Waals surface area contributed by atoms with Gasteiger partial charge in [-0.1, -0.05) is 26.0 Å². The Kier molecular flexibility index (Phi) is 6.73. The quantitative estimate of drug-likeness (QED) is 0.263. The monoisotopic (exact) mass is 470 g/mol. The molecular formula is C26H23FN6O2. The van der Waals surface area contributed by atoms with Crippen LogP contribution in [0.3, 0.4) is 0 Å². The van der Waals surface area contributed by atoms with Gasteiger partial charge in [0.05, 0.1) is 12.4 Å². The number of nitrogens with zero attached hydrogens (tertiary/aromatic N) is 4. The Morgan fingerprint density at radius 1 is 1.23 bits per heavy atom. The summed E-state index contributed by atoms with van der Waals surface area (Å²) >= 11 is 0. The van der Waals surface area contributed by atoms with Crippen molar-refractivity contribution in [1.29, 1.82) is 5.26 Å². The molecule has 0 aliphatic carbocycles. The minimum Gasteiger partial charge on any atom is -0.439 e. The first-order valence-corrected chi connectivity index (χ1v) is 10.9. The first-order chi connectivity index (χ1) is 16.8. The molecule has 176 valence electrons. The number of anilines is 3. The summed E-state index contributed by atoms with van der Waals surface area (Å²) in [7, 11) is 0. The van der Waals surface area contributed by atoms with Crippen molar-refractivity contribution < 1.29 is 13.9 Å². The molecular weight excluding hydrogens is 447 g/mol. The Labute approximate surface area is 201 Å². The van der Waals surface area contributed by atoms with Crippen LogP contribution in [-0.2, 0) is 4.79 Å². The Balaban J connectivity index is 1.56. The number of nitriles is 1. The van der Waals surface area contributed by atoms with Crippen molar-refractivity contribution in [3.05, 3.63) is 84.2 Å². The van der Waals surface area contributed by atoms with E-state index in [2.05, 4.69) is 20.6 Å². The fourth-order valence-corrected chi connectivity index (χ4v) is 3.41. The van der Waals surface area contributed by atoms with Crippen LogP contribution in [-0.4, -0.2) is 20.3 Å². The van der Waals surface area contributed by atoms with Gasteiger partial charge in [0.2, 0.25) is 5.88 Å². The molecule has 2 aromatic carbocycles. The third-order valence-corrected chi connectivity index (χ3v) is 5.04. The fourth-order valence-electron chi connectivity index (χ4n) is 3.41. The first-order valence-electron chi connectivity index (χ1n) is 10.9. The zero-order valence-electron chi connectivity index (χ0n) is 19.4. The molecule has 2 N–H and O–H groups in total. The predicted molar refractivity (Wildman–Crippen MR) is 131 cm³/mol. The largest absolute Gasteiger partial charge is 0.439 e. The Morgan fingerprint density at radius 3 is 2.80 bits per heavy atom. The van der Waals surface area contributed by atoms with E-state index in [-0.39, 0.29) is 17.3 Å². The molecule has 4 aromatic rings. The maximum Gasteiger partial charge on any atom is 0.265 e. The van der Waals surface area contributed by atoms with Crippen molar-refractivity contribution in [2.75, 3.05) is 10.6 Å². The normalized spacial score (nSPS) is 11.4. The van der Waals surface area contributed by atoms with Gasteiger partial charge in [0.25, 0.3) is 5.91 Å². The lowest BCUT2D eigenvalue weighted by molar-refractivity contribution is -0.112. The minimum absolute atomic E-state index is 0.0510. The van der Waals surface area contributed by atoms with Crippen LogP contribution in [0.5, 0.6) is 11.6 Å². The van der Waals surface area contributed by atoms with Crippen molar-refractivity contribution in [1.82, 2.24) is 14.4 Å². The number of amides is 1. The first kappa shape index (κ1) is 23.4. The maximum absolute atomic E-state index is 13.4. The summed E-state index contributed by atoms with van der Waals surface area (Å²) in [6, 6.07) is 13.2. The highest BCUT2D eigenvalue weighted by molar-refractivity contribution is 6.06. The van der Waals surface area contributed by atoms with E-state index in [1.807, 2.05) is 19.9 Å². The standard InChI is InChI=1S/C26H23FN6O2/c1-16(2)9-18(12-28)26(34)31-20-5-4-6-21(11-20)35-24-14-30-25(23-13-29-15-33(23)24)32-22-8-7-19(27)10-17(22)3/h4-11,13-16H,1-3H3,(H,30,32)(H,31,34)/b18-9+. The van der Waals surface area contributed by atoms with Crippen LogP contribution in [0.4, 0.5) is 21.6 Å². The Bertz CT molecular complexity index is 1470. The number of carbonyl (C=O) groups excluding carboxylic acids is 1. The van der Waals surface area contributed by atoms with E-state index in [1.165, 1.54) is 12.1 Å². The average Bonchev–Trinajstić information content (AvgIpc) is 3.31. The molecule has 0 spiro atoms. The molecule has 2 aromatic heterocycles. The fraction of sp³-hybridized carbons (Fsp3) is 0.154. The molecule has 0 aliphatic heterocycles. The number of benzene rings is 2. The predicted octanol–water partition coefficient (Wildman–Crippen LogP) is 5.76. The van der Waals surface area contributed by atoms with Crippen LogP contribution in [0.15, 0.2) is 72.8 Å². The lowest BCUT2D eigenvalue weighted by atomic mass is 10.1. The van der Waals surface area contributed by atoms with Gasteiger partial charge in [0, 0.05) is 17.4 Å². The molecule has 0 aliphatic rings. The Morgan fingerprint density at radius 2 is 2.06 bits per heavy atom. The second-order valence-electron chi connectivity index (χ2n) is 8.20. The number of nitrogens with one attached hydrogen (secondary N) is 2. The highest BCUT2D eigenvalue weighted by Gasteiger charge is 2.13. The number of fused-ring (bicyclic) bond motifs is 1. The molecule has 8 nitrogen and oxygen atoms in total. The molecule has 0 unspecified atom stereocenters. The number of rotatable bonds is 7. The van der Waals surface area contributed by atoms with Gasteiger partial charge in [-0.3, -0.25) is 9.20 Å². The van der Waals surface area contributed by atoms with Gasteiger partial charge in [-0.15, -0.1) is 0 Å². The molecule has 35 heavy (non-hydrogen) atoms. The second-order valence-corrected chi connectivity index (χ2v) is 8.20. The summed E-state index contributed by atoms with van der Waals surface area (Å²) in [5, 5.41) is 15.2. The number of allylic oxidation sites excluding steroid dienone is 1. The summed E-state index contributed by atoms with van der Waals surface area (Å²) in [5.41, 5.74) is 2.66. The van der Waals surface area contributed by atoms with Crippen LogP contribution in [0.1, 0.15) is 19.4 Å². The number of halogens is 1. The average molecular weight is 471 g/mol. The summed E-state index contributed by atoms with van der Waals surface area (Å²) in [4.78, 5) is 21.1. The van der Waals surface area contributed by atoms with Gasteiger partial charge < -0.3 is 15.4 Å². The zero-order chi connectivity index (χ0) is 24.9. The highest BCUT2D eigenvalue weighted by Crippen LogP contribution is 2.29. The summed E-state index contributed by atoms with van der Waals surface area (Å²) < 4.78 is 21.2. The molecule has 0 atom stereocenters. The molecule has 9 heteroatoms. The van der Waals surface area contributed by atoms with Crippen LogP contribution < -0.4 is 15.4 Å². The molecule has 4 rings (SSSR count). The number of hydrogen-bond donors (Lipinski definition) is 2. The molecule has 0 saturated carbocycles. The second kappa shape index (κ2) is 10.1. The highest BCUT2D eigenvalue weighted by atomic mass is 19.1. The van der Waals surface area contributed by atoms with Crippen molar-refractivity contribution in [2.24, 2.45) is 5.92 Å². The van der Waals surface area contributed by atoms with Gasteiger partial charge >= 0.3 is 0 Å². The third-order valence-electron chi connectivity index (χ3n) is 5.04. The number of ether oxygens (including phenoxy) is 1. The van der Waals surface area contributed by atoms with Gasteiger partial charge in [0.1, 0.15) is 35.1 Å². The lowest BCUT2D eigenvalue weighted by Gasteiger charge is -2.13. The van der Waals surface area contributed by atoms with E-state index in [4.69, 9.17) is 4.74 Å². The number of aromatic nitrogens is 3. The molecule has 0 fully saturated rings. The SMILES string of the molecule is Cc1cc(F)ccc1Nc1ncc(Oc2cccc(NC(=O)/C(C#N)=C/C(C)C)c2)n2cncc12. The van der Waals surface area contributed by atoms with E-state index in [0.29, 0.717) is 28.7 Å². The summed E-state index contributed by atoms with van der Waals surface area (Å²) in [5.74, 6) is 0.674. The van der Waals surface area contributed by atoms with Gasteiger partial charge in [-0.25, -0.2) is 14.4 Å². The summed E-state index contributed by atoms with van der Waals surface area (Å²) in [6.07, 6.45) is 6.39. The van der Waals surface area contributed by atoms with Gasteiger partial charge in [-0.2, -0.15) is 5.26 Å². The number of hydrogen-bond acceptors (Lipinski definition) is 6. The Hall–Kier alpha value is -4.71. The van der Waals surface area contributed by atoms with E-state index in [1.54, 1.807) is 66.5 Å². The van der Waals surface area contributed by atoms with Crippen molar-refractivity contribution in [3.63, 3.8) is 0 Å². The smallest absolute Gasteiger partial charge is 0.265 e. The number of carbonyl (C=O) groups is 1. The maximum atomic E-state index is 13.4. The minimum atomic E-state index is -0.483. The molecule has 1 amide bonds. The van der Waals surface area contributed by atoms with Crippen LogP contribution >= 0.6 is 0 Å². The van der Waals surface area contributed by atoms with E-state index < -0.39 is 5.91 Å². The zero-order valence-corrected chi connectivity index (χ0v) is 19.4. The third kappa shape index (κ3) is 5.45. The van der Waals surface area contributed by atoms with Crippen LogP contribution in [0.25, 0.3) is 5.52 Å². The van der Waals surface area contributed by atoms with Crippen LogP contribution in [0.2, 0.25) is 0 Å². The van der Waals surface area contributed by atoms with Gasteiger partial charge in [0.15, 0.2) is 5.82 Å². The number of aryl methyl sites for hydroxylation is 1. The van der Waals surface area contributed by atoms with Crippen molar-refractivity contribution >= 4 is 28.6 Å². The molecule has 0 saturated heterocycles. The summed E-state index contributed by atoms with van der Waals surface area (Å²) in [6.45, 7) is 5.59. The molecule has 0 radical (unpaired) electrons.